The summed E-state index contributed by atoms with van der Waals surface area (Å²) < 4.78 is 6.65. The van der Waals surface area contributed by atoms with E-state index >= 15 is 0 Å². The second-order valence-corrected chi connectivity index (χ2v) is 7.89. The van der Waals surface area contributed by atoms with Gasteiger partial charge in [0.2, 0.25) is 5.91 Å². The minimum Gasteiger partial charge on any atom is -0.497 e. The first-order valence-electron chi connectivity index (χ1n) is 9.25. The molecule has 7 heteroatoms. The molecule has 0 aliphatic heterocycles. The van der Waals surface area contributed by atoms with Crippen LogP contribution in [0.5, 0.6) is 5.75 Å². The number of rotatable bonds is 8. The SMILES string of the molecule is COc1ccc(-c2cc(=O)n(CCNC(=O)CSC3CCCC3)cn2)cc1. The summed E-state index contributed by atoms with van der Waals surface area (Å²) in [4.78, 5) is 28.6. The van der Waals surface area contributed by atoms with E-state index in [1.807, 2.05) is 24.3 Å². The molecular weight excluding hydrogens is 362 g/mol. The van der Waals surface area contributed by atoms with Crippen molar-refractivity contribution in [2.45, 2.75) is 37.5 Å². The Hall–Kier alpha value is -2.28. The van der Waals surface area contributed by atoms with E-state index in [1.54, 1.807) is 18.9 Å². The van der Waals surface area contributed by atoms with Gasteiger partial charge in [0, 0.05) is 30.0 Å². The van der Waals surface area contributed by atoms with Crippen LogP contribution in [0.15, 0.2) is 41.5 Å². The van der Waals surface area contributed by atoms with Crippen molar-refractivity contribution in [3.63, 3.8) is 0 Å². The highest BCUT2D eigenvalue weighted by Crippen LogP contribution is 2.29. The van der Waals surface area contributed by atoms with Crippen LogP contribution in [0.25, 0.3) is 11.3 Å². The van der Waals surface area contributed by atoms with Gasteiger partial charge in [-0.15, -0.1) is 11.8 Å². The number of hydrogen-bond donors (Lipinski definition) is 1. The van der Waals surface area contributed by atoms with Crippen molar-refractivity contribution < 1.29 is 9.53 Å². The summed E-state index contributed by atoms with van der Waals surface area (Å²) in [6.07, 6.45) is 6.53. The van der Waals surface area contributed by atoms with Gasteiger partial charge in [-0.25, -0.2) is 4.98 Å². The molecule has 1 N–H and O–H groups in total. The van der Waals surface area contributed by atoms with Crippen molar-refractivity contribution in [1.29, 1.82) is 0 Å². The van der Waals surface area contributed by atoms with E-state index < -0.39 is 0 Å². The summed E-state index contributed by atoms with van der Waals surface area (Å²) in [6.45, 7) is 0.835. The molecule has 1 aliphatic carbocycles. The lowest BCUT2D eigenvalue weighted by Crippen LogP contribution is -2.32. The average Bonchev–Trinajstić information content (AvgIpc) is 3.21. The molecule has 6 nitrogen and oxygen atoms in total. The molecule has 1 aromatic carbocycles. The van der Waals surface area contributed by atoms with E-state index in [1.165, 1.54) is 42.6 Å². The molecule has 0 atom stereocenters. The fraction of sp³-hybridized carbons (Fsp3) is 0.450. The van der Waals surface area contributed by atoms with Crippen LogP contribution in [0, 0.1) is 0 Å². The topological polar surface area (TPSA) is 73.2 Å². The molecule has 1 aliphatic rings. The molecule has 1 aromatic heterocycles. The van der Waals surface area contributed by atoms with Crippen molar-refractivity contribution in [2.24, 2.45) is 0 Å². The minimum atomic E-state index is -0.134. The molecule has 144 valence electrons. The molecular formula is C20H25N3O3S. The summed E-state index contributed by atoms with van der Waals surface area (Å²) in [5.41, 5.74) is 1.35. The van der Waals surface area contributed by atoms with Gasteiger partial charge >= 0.3 is 0 Å². The van der Waals surface area contributed by atoms with E-state index in [0.717, 1.165) is 11.3 Å². The summed E-state index contributed by atoms with van der Waals surface area (Å²) in [5, 5.41) is 3.51. The second kappa shape index (κ2) is 9.60. The number of aromatic nitrogens is 2. The predicted molar refractivity (Wildman–Crippen MR) is 108 cm³/mol. The summed E-state index contributed by atoms with van der Waals surface area (Å²) in [6, 6.07) is 8.92. The van der Waals surface area contributed by atoms with Crippen LogP contribution < -0.4 is 15.6 Å². The largest absolute Gasteiger partial charge is 0.497 e. The number of amides is 1. The maximum Gasteiger partial charge on any atom is 0.253 e. The summed E-state index contributed by atoms with van der Waals surface area (Å²) in [7, 11) is 1.61. The molecule has 0 spiro atoms. The predicted octanol–water partition coefficient (Wildman–Crippen LogP) is 2.71. The van der Waals surface area contributed by atoms with Crippen LogP contribution in [0.1, 0.15) is 25.7 Å². The molecule has 0 bridgehead atoms. The molecule has 2 aromatic rings. The quantitative estimate of drug-likeness (QED) is 0.754. The lowest BCUT2D eigenvalue weighted by molar-refractivity contribution is -0.118. The zero-order chi connectivity index (χ0) is 19.1. The first-order chi connectivity index (χ1) is 13.2. The molecule has 27 heavy (non-hydrogen) atoms. The number of methoxy groups -OCH3 is 1. The smallest absolute Gasteiger partial charge is 0.253 e. The third-order valence-electron chi connectivity index (χ3n) is 4.69. The summed E-state index contributed by atoms with van der Waals surface area (Å²) in [5.74, 6) is 1.28. The van der Waals surface area contributed by atoms with Gasteiger partial charge in [-0.2, -0.15) is 0 Å². The van der Waals surface area contributed by atoms with Gasteiger partial charge in [0.15, 0.2) is 0 Å². The number of ether oxygens (including phenoxy) is 1. The molecule has 1 heterocycles. The third kappa shape index (κ3) is 5.60. The van der Waals surface area contributed by atoms with Crippen LogP contribution >= 0.6 is 11.8 Å². The van der Waals surface area contributed by atoms with E-state index in [4.69, 9.17) is 4.74 Å². The number of carbonyl (C=O) groups excluding carboxylic acids is 1. The molecule has 3 rings (SSSR count). The van der Waals surface area contributed by atoms with Crippen molar-refractivity contribution >= 4 is 17.7 Å². The Morgan fingerprint density at radius 1 is 1.30 bits per heavy atom. The third-order valence-corrected chi connectivity index (χ3v) is 6.06. The zero-order valence-corrected chi connectivity index (χ0v) is 16.3. The standard InChI is InChI=1S/C20H25N3O3S/c1-26-16-8-6-15(7-9-16)18-12-20(25)23(14-22-18)11-10-21-19(24)13-27-17-4-2-3-5-17/h6-9,12,14,17H,2-5,10-11,13H2,1H3,(H,21,24). The first-order valence-corrected chi connectivity index (χ1v) is 10.3. The number of thioether (sulfide) groups is 1. The lowest BCUT2D eigenvalue weighted by atomic mass is 10.1. The number of nitrogens with zero attached hydrogens (tertiary/aromatic N) is 2. The van der Waals surface area contributed by atoms with Crippen molar-refractivity contribution in [2.75, 3.05) is 19.4 Å². The molecule has 1 amide bonds. The molecule has 0 unspecified atom stereocenters. The van der Waals surface area contributed by atoms with Crippen molar-refractivity contribution in [3.05, 3.63) is 47.0 Å². The normalized spacial score (nSPS) is 14.3. The van der Waals surface area contributed by atoms with Crippen LogP contribution in [0.3, 0.4) is 0 Å². The lowest BCUT2D eigenvalue weighted by Gasteiger charge is -2.10. The highest BCUT2D eigenvalue weighted by molar-refractivity contribution is 8.00. The molecule has 1 saturated carbocycles. The Morgan fingerprint density at radius 3 is 2.70 bits per heavy atom. The Bertz CT molecular complexity index is 814. The van der Waals surface area contributed by atoms with E-state index in [9.17, 15) is 9.59 Å². The van der Waals surface area contributed by atoms with Gasteiger partial charge in [0.25, 0.3) is 5.56 Å². The Balaban J connectivity index is 1.48. The maximum atomic E-state index is 12.3. The van der Waals surface area contributed by atoms with Crippen molar-refractivity contribution in [3.8, 4) is 17.0 Å². The van der Waals surface area contributed by atoms with Crippen LogP contribution in [-0.2, 0) is 11.3 Å². The van der Waals surface area contributed by atoms with E-state index in [2.05, 4.69) is 10.3 Å². The van der Waals surface area contributed by atoms with E-state index in [-0.39, 0.29) is 11.5 Å². The van der Waals surface area contributed by atoms with Crippen molar-refractivity contribution in [1.82, 2.24) is 14.9 Å². The van der Waals surface area contributed by atoms with Crippen LogP contribution in [0.2, 0.25) is 0 Å². The second-order valence-electron chi connectivity index (χ2n) is 6.60. The number of carbonyl (C=O) groups is 1. The Kier molecular flexibility index (Phi) is 6.92. The van der Waals surface area contributed by atoms with Gasteiger partial charge in [0.05, 0.1) is 24.9 Å². The van der Waals surface area contributed by atoms with Gasteiger partial charge < -0.3 is 10.1 Å². The van der Waals surface area contributed by atoms with Crippen LogP contribution in [0.4, 0.5) is 0 Å². The molecule has 0 radical (unpaired) electrons. The fourth-order valence-corrected chi connectivity index (χ4v) is 4.28. The average molecular weight is 388 g/mol. The number of nitrogens with one attached hydrogen (secondary N) is 1. The maximum absolute atomic E-state index is 12.3. The number of benzene rings is 1. The minimum absolute atomic E-state index is 0.0303. The highest BCUT2D eigenvalue weighted by Gasteiger charge is 2.16. The molecule has 0 saturated heterocycles. The van der Waals surface area contributed by atoms with Crippen LogP contribution in [-0.4, -0.2) is 40.1 Å². The first kappa shape index (κ1) is 19.5. The monoisotopic (exact) mass is 387 g/mol. The molecule has 1 fully saturated rings. The Morgan fingerprint density at radius 2 is 2.04 bits per heavy atom. The Labute approximate surface area is 163 Å². The van der Waals surface area contributed by atoms with Gasteiger partial charge in [-0.1, -0.05) is 12.8 Å². The highest BCUT2D eigenvalue weighted by atomic mass is 32.2. The summed E-state index contributed by atoms with van der Waals surface area (Å²) >= 11 is 1.74. The fourth-order valence-electron chi connectivity index (χ4n) is 3.13. The zero-order valence-electron chi connectivity index (χ0n) is 15.5. The van der Waals surface area contributed by atoms with E-state index in [0.29, 0.717) is 29.8 Å². The van der Waals surface area contributed by atoms with Gasteiger partial charge in [-0.05, 0) is 37.1 Å². The van der Waals surface area contributed by atoms with Gasteiger partial charge in [-0.3, -0.25) is 14.2 Å². The number of hydrogen-bond acceptors (Lipinski definition) is 5. The van der Waals surface area contributed by atoms with Gasteiger partial charge in [0.1, 0.15) is 5.75 Å².